The lowest BCUT2D eigenvalue weighted by molar-refractivity contribution is -0.122. The third-order valence-electron chi connectivity index (χ3n) is 5.17. The van der Waals surface area contributed by atoms with Gasteiger partial charge in [-0.15, -0.1) is 0 Å². The fourth-order valence-corrected chi connectivity index (χ4v) is 3.54. The molecule has 2 amide bonds. The van der Waals surface area contributed by atoms with Crippen LogP contribution >= 0.6 is 0 Å². The van der Waals surface area contributed by atoms with Crippen LogP contribution in [-0.2, 0) is 14.3 Å². The fourth-order valence-electron chi connectivity index (χ4n) is 3.54. The second-order valence-corrected chi connectivity index (χ2v) is 7.40. The Morgan fingerprint density at radius 2 is 1.91 bits per heavy atom. The molecule has 1 saturated heterocycles. The molecule has 170 valence electrons. The molecule has 33 heavy (non-hydrogen) atoms. The van der Waals surface area contributed by atoms with Crippen molar-refractivity contribution in [3.63, 3.8) is 0 Å². The van der Waals surface area contributed by atoms with Gasteiger partial charge in [0.1, 0.15) is 11.6 Å². The van der Waals surface area contributed by atoms with Crippen molar-refractivity contribution in [1.82, 2.24) is 9.78 Å². The Labute approximate surface area is 187 Å². The van der Waals surface area contributed by atoms with E-state index >= 15 is 0 Å². The maximum absolute atomic E-state index is 14.0. The molecule has 10 heteroatoms. The van der Waals surface area contributed by atoms with E-state index < -0.39 is 29.4 Å². The van der Waals surface area contributed by atoms with Gasteiger partial charge in [-0.3, -0.25) is 9.59 Å². The molecule has 0 spiro atoms. The van der Waals surface area contributed by atoms with Crippen LogP contribution in [0.25, 0.3) is 5.69 Å². The first-order valence-electron chi connectivity index (χ1n) is 10.2. The average molecular weight is 454 g/mol. The number of carbonyl (C=O) groups is 3. The van der Waals surface area contributed by atoms with Gasteiger partial charge in [0.25, 0.3) is 0 Å². The third-order valence-corrected chi connectivity index (χ3v) is 5.17. The molecule has 1 N–H and O–H groups in total. The quantitative estimate of drug-likeness (QED) is 0.577. The molecule has 0 radical (unpaired) electrons. The molecule has 4 rings (SSSR count). The lowest BCUT2D eigenvalue weighted by Gasteiger charge is -2.17. The van der Waals surface area contributed by atoms with Crippen molar-refractivity contribution in [3.05, 3.63) is 72.1 Å². The molecule has 3 aromatic rings. The van der Waals surface area contributed by atoms with Crippen molar-refractivity contribution in [1.29, 1.82) is 0 Å². The molecule has 1 unspecified atom stereocenters. The van der Waals surface area contributed by atoms with E-state index in [9.17, 15) is 23.2 Å². The van der Waals surface area contributed by atoms with Gasteiger partial charge in [0, 0.05) is 30.9 Å². The van der Waals surface area contributed by atoms with Crippen LogP contribution in [0.5, 0.6) is 0 Å². The first kappa shape index (κ1) is 22.1. The number of aromatic nitrogens is 2. The van der Waals surface area contributed by atoms with E-state index in [1.54, 1.807) is 43.5 Å². The number of amides is 2. The highest BCUT2D eigenvalue weighted by molar-refractivity contribution is 6.03. The van der Waals surface area contributed by atoms with Crippen LogP contribution in [0.4, 0.5) is 20.2 Å². The number of nitrogens with zero attached hydrogens (tertiary/aromatic N) is 3. The number of benzene rings is 2. The summed E-state index contributed by atoms with van der Waals surface area (Å²) in [6.45, 7) is 1.96. The first-order valence-corrected chi connectivity index (χ1v) is 10.2. The van der Waals surface area contributed by atoms with E-state index in [0.717, 1.165) is 11.0 Å². The third kappa shape index (κ3) is 4.74. The van der Waals surface area contributed by atoms with Gasteiger partial charge in [0.2, 0.25) is 11.8 Å². The van der Waals surface area contributed by atoms with Crippen LogP contribution in [0.15, 0.2) is 54.7 Å². The number of carbonyl (C=O) groups excluding carboxylic acids is 3. The van der Waals surface area contributed by atoms with Gasteiger partial charge in [-0.25, -0.2) is 18.3 Å². The van der Waals surface area contributed by atoms with Crippen LogP contribution in [0.2, 0.25) is 0 Å². The highest BCUT2D eigenvalue weighted by Gasteiger charge is 2.36. The molecular formula is C23H20F2N4O4. The standard InChI is InChI=1S/C23H20F2N4O4/c1-2-33-23(32)19-9-10-29(27-19)17-6-4-16(5-7-17)26-22(31)14-11-21(30)28(13-14)20-8-3-15(24)12-18(20)25/h3-10,12,14H,2,11,13H2,1H3,(H,26,31). The van der Waals surface area contributed by atoms with E-state index in [-0.39, 0.29) is 36.9 Å². The molecule has 0 saturated carbocycles. The monoisotopic (exact) mass is 454 g/mol. The lowest BCUT2D eigenvalue weighted by Crippen LogP contribution is -2.28. The Hall–Kier alpha value is -4.08. The van der Waals surface area contributed by atoms with Gasteiger partial charge in [0.05, 0.1) is 23.9 Å². The zero-order valence-electron chi connectivity index (χ0n) is 17.6. The highest BCUT2D eigenvalue weighted by Crippen LogP contribution is 2.28. The molecule has 1 aromatic heterocycles. The van der Waals surface area contributed by atoms with Gasteiger partial charge < -0.3 is 15.0 Å². The Morgan fingerprint density at radius 3 is 2.61 bits per heavy atom. The van der Waals surface area contributed by atoms with Gasteiger partial charge in [-0.2, -0.15) is 5.10 Å². The second-order valence-electron chi connectivity index (χ2n) is 7.40. The predicted octanol–water partition coefficient (Wildman–Crippen LogP) is 3.32. The normalized spacial score (nSPS) is 15.5. The Kier molecular flexibility index (Phi) is 6.16. The Bertz CT molecular complexity index is 1210. The summed E-state index contributed by atoms with van der Waals surface area (Å²) in [4.78, 5) is 37.9. The van der Waals surface area contributed by atoms with Gasteiger partial charge in [-0.05, 0) is 49.4 Å². The molecule has 2 aromatic carbocycles. The van der Waals surface area contributed by atoms with Crippen LogP contribution in [0.3, 0.4) is 0 Å². The SMILES string of the molecule is CCOC(=O)c1ccn(-c2ccc(NC(=O)C3CC(=O)N(c4ccc(F)cc4F)C3)cc2)n1. The summed E-state index contributed by atoms with van der Waals surface area (Å²) in [5, 5.41) is 6.91. The number of halogens is 2. The number of ether oxygens (including phenoxy) is 1. The molecule has 2 heterocycles. The van der Waals surface area contributed by atoms with E-state index in [4.69, 9.17) is 4.74 Å². The minimum atomic E-state index is -0.857. The summed E-state index contributed by atoms with van der Waals surface area (Å²) in [6, 6.07) is 11.2. The van der Waals surface area contributed by atoms with Crippen LogP contribution < -0.4 is 10.2 Å². The predicted molar refractivity (Wildman–Crippen MR) is 115 cm³/mol. The van der Waals surface area contributed by atoms with E-state index in [2.05, 4.69) is 10.4 Å². The number of rotatable bonds is 6. The molecule has 0 aliphatic carbocycles. The zero-order valence-corrected chi connectivity index (χ0v) is 17.6. The first-order chi connectivity index (χ1) is 15.9. The summed E-state index contributed by atoms with van der Waals surface area (Å²) in [7, 11) is 0. The topological polar surface area (TPSA) is 93.5 Å². The molecular weight excluding hydrogens is 434 g/mol. The summed E-state index contributed by atoms with van der Waals surface area (Å²) in [6.07, 6.45) is 1.54. The number of hydrogen-bond donors (Lipinski definition) is 1. The number of nitrogens with one attached hydrogen (secondary N) is 1. The summed E-state index contributed by atoms with van der Waals surface area (Å²) in [5.41, 5.74) is 1.29. The van der Waals surface area contributed by atoms with Gasteiger partial charge in [0.15, 0.2) is 5.69 Å². The molecule has 1 aliphatic heterocycles. The minimum absolute atomic E-state index is 0.00474. The summed E-state index contributed by atoms with van der Waals surface area (Å²) >= 11 is 0. The second kappa shape index (κ2) is 9.19. The molecule has 1 aliphatic rings. The number of anilines is 2. The number of esters is 1. The summed E-state index contributed by atoms with van der Waals surface area (Å²) < 4.78 is 33.6. The van der Waals surface area contributed by atoms with E-state index in [1.165, 1.54) is 10.7 Å². The molecule has 1 atom stereocenters. The van der Waals surface area contributed by atoms with Crippen molar-refractivity contribution in [2.75, 3.05) is 23.4 Å². The Morgan fingerprint density at radius 1 is 1.15 bits per heavy atom. The minimum Gasteiger partial charge on any atom is -0.461 e. The maximum Gasteiger partial charge on any atom is 0.358 e. The van der Waals surface area contributed by atoms with Crippen molar-refractivity contribution < 1.29 is 27.9 Å². The van der Waals surface area contributed by atoms with Crippen LogP contribution in [0.1, 0.15) is 23.8 Å². The fraction of sp³-hybridized carbons (Fsp3) is 0.217. The molecule has 0 bridgehead atoms. The van der Waals surface area contributed by atoms with E-state index in [1.807, 2.05) is 0 Å². The largest absolute Gasteiger partial charge is 0.461 e. The maximum atomic E-state index is 14.0. The number of hydrogen-bond acceptors (Lipinski definition) is 5. The van der Waals surface area contributed by atoms with Crippen LogP contribution in [-0.4, -0.2) is 40.7 Å². The smallest absolute Gasteiger partial charge is 0.358 e. The molecule has 8 nitrogen and oxygen atoms in total. The van der Waals surface area contributed by atoms with Crippen molar-refractivity contribution >= 4 is 29.2 Å². The Balaban J connectivity index is 1.40. The summed E-state index contributed by atoms with van der Waals surface area (Å²) in [5.74, 6) is -3.59. The lowest BCUT2D eigenvalue weighted by atomic mass is 10.1. The van der Waals surface area contributed by atoms with Crippen molar-refractivity contribution in [2.24, 2.45) is 5.92 Å². The van der Waals surface area contributed by atoms with Crippen molar-refractivity contribution in [2.45, 2.75) is 13.3 Å². The highest BCUT2D eigenvalue weighted by atomic mass is 19.1. The van der Waals surface area contributed by atoms with Crippen molar-refractivity contribution in [3.8, 4) is 5.69 Å². The zero-order chi connectivity index (χ0) is 23.5. The van der Waals surface area contributed by atoms with E-state index in [0.29, 0.717) is 17.4 Å². The van der Waals surface area contributed by atoms with Gasteiger partial charge >= 0.3 is 5.97 Å². The van der Waals surface area contributed by atoms with Gasteiger partial charge in [-0.1, -0.05) is 0 Å². The molecule has 1 fully saturated rings. The van der Waals surface area contributed by atoms with Crippen LogP contribution in [0, 0.1) is 17.6 Å². The average Bonchev–Trinajstić information content (AvgIpc) is 3.42.